The Labute approximate surface area is 130 Å². The summed E-state index contributed by atoms with van der Waals surface area (Å²) in [6.45, 7) is 10.9. The smallest absolute Gasteiger partial charge is 0.263 e. The van der Waals surface area contributed by atoms with E-state index < -0.39 is 0 Å². The van der Waals surface area contributed by atoms with Gasteiger partial charge in [-0.3, -0.25) is 4.79 Å². The summed E-state index contributed by atoms with van der Waals surface area (Å²) in [6, 6.07) is 0. The molecule has 0 atom stereocenters. The van der Waals surface area contributed by atoms with Gasteiger partial charge in [-0.25, -0.2) is 0 Å². The normalized spacial score (nSPS) is 10.9. The van der Waals surface area contributed by atoms with E-state index >= 15 is 0 Å². The summed E-state index contributed by atoms with van der Waals surface area (Å²) in [4.78, 5) is 16.0. The number of carbonyl (C=O) groups is 1. The topological polar surface area (TPSA) is 58.4 Å². The molecule has 0 aliphatic carbocycles. The molecule has 0 unspecified atom stereocenters. The van der Waals surface area contributed by atoms with Gasteiger partial charge in [0.1, 0.15) is 9.88 Å². The van der Waals surface area contributed by atoms with Crippen LogP contribution in [0.5, 0.6) is 0 Å². The molecule has 1 heterocycles. The van der Waals surface area contributed by atoms with E-state index in [1.54, 1.807) is 11.8 Å². The first-order chi connectivity index (χ1) is 9.46. The molecule has 114 valence electrons. The molecular weight excluding hydrogens is 290 g/mol. The maximum atomic E-state index is 12.1. The highest BCUT2D eigenvalue weighted by Crippen LogP contribution is 2.43. The number of nitrogens with zero attached hydrogens (tertiary/aromatic N) is 1. The predicted molar refractivity (Wildman–Crippen MR) is 91.2 cm³/mol. The zero-order valence-corrected chi connectivity index (χ0v) is 14.6. The molecular formula is C14H25N3OS2. The second kappa shape index (κ2) is 7.78. The second-order valence-electron chi connectivity index (χ2n) is 4.98. The molecule has 20 heavy (non-hydrogen) atoms. The Kier molecular flexibility index (Phi) is 6.68. The number of thioether (sulfide) groups is 1. The fourth-order valence-electron chi connectivity index (χ4n) is 2.03. The van der Waals surface area contributed by atoms with Crippen LogP contribution < -0.4 is 16.0 Å². The van der Waals surface area contributed by atoms with Gasteiger partial charge in [-0.2, -0.15) is 0 Å². The zero-order chi connectivity index (χ0) is 15.3. The Hall–Kier alpha value is -0.880. The summed E-state index contributed by atoms with van der Waals surface area (Å²) in [5, 5.41) is 3.95. The molecule has 0 spiro atoms. The van der Waals surface area contributed by atoms with Crippen LogP contribution in [0.3, 0.4) is 0 Å². The minimum atomic E-state index is -0.0721. The molecule has 0 saturated carbocycles. The minimum Gasteiger partial charge on any atom is -0.396 e. The number of nitrogens with one attached hydrogen (secondary N) is 1. The van der Waals surface area contributed by atoms with E-state index in [9.17, 15) is 4.79 Å². The van der Waals surface area contributed by atoms with Crippen molar-refractivity contribution in [3.05, 3.63) is 4.88 Å². The number of hydrogen-bond donors (Lipinski definition) is 2. The van der Waals surface area contributed by atoms with E-state index in [0.29, 0.717) is 23.0 Å². The van der Waals surface area contributed by atoms with Crippen LogP contribution in [0.2, 0.25) is 0 Å². The third-order valence-corrected chi connectivity index (χ3v) is 5.10. The lowest BCUT2D eigenvalue weighted by atomic mass is 10.2. The predicted octanol–water partition coefficient (Wildman–Crippen LogP) is 3.28. The number of hydrogen-bond acceptors (Lipinski definition) is 5. The standard InChI is InChI=1S/C14H25N3OS2/c1-6-16-13(18)11-10(15)12(19-5)14(20-11)17(7-2)8-9(3)4/h9H,6-8,15H2,1-5H3,(H,16,18). The number of carbonyl (C=O) groups excluding carboxylic acids is 1. The molecule has 0 aromatic carbocycles. The molecule has 0 aliphatic heterocycles. The number of nitrogen functional groups attached to an aromatic ring is 1. The highest BCUT2D eigenvalue weighted by molar-refractivity contribution is 7.99. The number of amides is 1. The Morgan fingerprint density at radius 3 is 2.55 bits per heavy atom. The van der Waals surface area contributed by atoms with Gasteiger partial charge in [0.25, 0.3) is 5.91 Å². The van der Waals surface area contributed by atoms with Crippen LogP contribution in [-0.4, -0.2) is 31.8 Å². The fourth-order valence-corrected chi connectivity index (χ4v) is 4.20. The molecule has 0 bridgehead atoms. The maximum absolute atomic E-state index is 12.1. The first-order valence-electron chi connectivity index (χ1n) is 6.95. The van der Waals surface area contributed by atoms with Crippen molar-refractivity contribution in [3.63, 3.8) is 0 Å². The van der Waals surface area contributed by atoms with Crippen LogP contribution in [-0.2, 0) is 0 Å². The molecule has 6 heteroatoms. The first-order valence-corrected chi connectivity index (χ1v) is 8.99. The van der Waals surface area contributed by atoms with E-state index in [1.807, 2.05) is 13.2 Å². The molecule has 0 aliphatic rings. The summed E-state index contributed by atoms with van der Waals surface area (Å²) < 4.78 is 0. The van der Waals surface area contributed by atoms with Crippen LogP contribution in [0.4, 0.5) is 10.7 Å². The Morgan fingerprint density at radius 2 is 2.10 bits per heavy atom. The fraction of sp³-hybridized carbons (Fsp3) is 0.643. The van der Waals surface area contributed by atoms with Gasteiger partial charge >= 0.3 is 0 Å². The average Bonchev–Trinajstić information content (AvgIpc) is 2.73. The Balaban J connectivity index is 3.18. The van der Waals surface area contributed by atoms with Crippen LogP contribution in [0.25, 0.3) is 0 Å². The second-order valence-corrected chi connectivity index (χ2v) is 6.79. The third kappa shape index (κ3) is 3.82. The van der Waals surface area contributed by atoms with E-state index in [-0.39, 0.29) is 5.91 Å². The van der Waals surface area contributed by atoms with Gasteiger partial charge in [0, 0.05) is 19.6 Å². The largest absolute Gasteiger partial charge is 0.396 e. The molecule has 1 aromatic heterocycles. The van der Waals surface area contributed by atoms with Crippen molar-refractivity contribution in [2.24, 2.45) is 5.92 Å². The molecule has 1 aromatic rings. The van der Waals surface area contributed by atoms with Gasteiger partial charge in [-0.05, 0) is 26.0 Å². The van der Waals surface area contributed by atoms with Gasteiger partial charge < -0.3 is 16.0 Å². The monoisotopic (exact) mass is 315 g/mol. The van der Waals surface area contributed by atoms with Crippen LogP contribution >= 0.6 is 23.1 Å². The van der Waals surface area contributed by atoms with E-state index in [0.717, 1.165) is 23.0 Å². The number of nitrogens with two attached hydrogens (primary N) is 1. The highest BCUT2D eigenvalue weighted by atomic mass is 32.2. The Morgan fingerprint density at radius 1 is 1.45 bits per heavy atom. The van der Waals surface area contributed by atoms with Crippen molar-refractivity contribution in [1.29, 1.82) is 0 Å². The first kappa shape index (κ1) is 17.2. The van der Waals surface area contributed by atoms with Crippen molar-refractivity contribution >= 4 is 39.7 Å². The van der Waals surface area contributed by atoms with Gasteiger partial charge in [-0.15, -0.1) is 23.1 Å². The number of rotatable bonds is 7. The third-order valence-electron chi connectivity index (χ3n) is 2.88. The van der Waals surface area contributed by atoms with E-state index in [4.69, 9.17) is 5.73 Å². The van der Waals surface area contributed by atoms with Crippen LogP contribution in [0.15, 0.2) is 4.90 Å². The SMILES string of the molecule is CCNC(=O)c1sc(N(CC)CC(C)C)c(SC)c1N. The maximum Gasteiger partial charge on any atom is 0.263 e. The summed E-state index contributed by atoms with van der Waals surface area (Å²) >= 11 is 3.11. The summed E-state index contributed by atoms with van der Waals surface area (Å²) in [6.07, 6.45) is 2.01. The van der Waals surface area contributed by atoms with Crippen molar-refractivity contribution in [2.45, 2.75) is 32.6 Å². The van der Waals surface area contributed by atoms with Crippen molar-refractivity contribution in [1.82, 2.24) is 5.32 Å². The summed E-state index contributed by atoms with van der Waals surface area (Å²) in [5.74, 6) is 0.498. The van der Waals surface area contributed by atoms with Gasteiger partial charge in [0.15, 0.2) is 0 Å². The van der Waals surface area contributed by atoms with E-state index in [2.05, 4.69) is 31.0 Å². The minimum absolute atomic E-state index is 0.0721. The van der Waals surface area contributed by atoms with Gasteiger partial charge in [0.05, 0.1) is 10.6 Å². The average molecular weight is 316 g/mol. The molecule has 0 fully saturated rings. The molecule has 1 rings (SSSR count). The molecule has 0 radical (unpaired) electrons. The van der Waals surface area contributed by atoms with Gasteiger partial charge in [0.2, 0.25) is 0 Å². The van der Waals surface area contributed by atoms with Crippen molar-refractivity contribution in [3.8, 4) is 0 Å². The zero-order valence-electron chi connectivity index (χ0n) is 12.9. The lowest BCUT2D eigenvalue weighted by Gasteiger charge is -2.24. The van der Waals surface area contributed by atoms with Crippen molar-refractivity contribution in [2.75, 3.05) is 36.5 Å². The van der Waals surface area contributed by atoms with Crippen molar-refractivity contribution < 1.29 is 4.79 Å². The Bertz CT molecular complexity index is 458. The number of thiophene rings is 1. The summed E-state index contributed by atoms with van der Waals surface area (Å²) in [5.41, 5.74) is 6.79. The van der Waals surface area contributed by atoms with Gasteiger partial charge in [-0.1, -0.05) is 13.8 Å². The van der Waals surface area contributed by atoms with E-state index in [1.165, 1.54) is 11.3 Å². The quantitative estimate of drug-likeness (QED) is 0.758. The highest BCUT2D eigenvalue weighted by Gasteiger charge is 2.23. The van der Waals surface area contributed by atoms with Crippen LogP contribution in [0.1, 0.15) is 37.4 Å². The molecule has 4 nitrogen and oxygen atoms in total. The molecule has 3 N–H and O–H groups in total. The lowest BCUT2D eigenvalue weighted by molar-refractivity contribution is 0.0960. The molecule has 1 amide bonds. The number of anilines is 2. The summed E-state index contributed by atoms with van der Waals surface area (Å²) in [7, 11) is 0. The lowest BCUT2D eigenvalue weighted by Crippen LogP contribution is -2.26. The van der Waals surface area contributed by atoms with Crippen LogP contribution in [0, 0.1) is 5.92 Å². The molecule has 0 saturated heterocycles.